The molecule has 3 atom stereocenters. The van der Waals surface area contributed by atoms with Crippen molar-refractivity contribution in [2.75, 3.05) is 96.1 Å². The van der Waals surface area contributed by atoms with E-state index in [2.05, 4.69) is 37.3 Å². The van der Waals surface area contributed by atoms with Crippen molar-refractivity contribution in [2.24, 2.45) is 5.92 Å². The van der Waals surface area contributed by atoms with Gasteiger partial charge >= 0.3 is 0 Å². The summed E-state index contributed by atoms with van der Waals surface area (Å²) in [6, 6.07) is 11.6. The van der Waals surface area contributed by atoms with E-state index in [0.29, 0.717) is 54.8 Å². The molecule has 0 radical (unpaired) electrons. The van der Waals surface area contributed by atoms with Gasteiger partial charge in [0.25, 0.3) is 0 Å². The Morgan fingerprint density at radius 3 is 2.44 bits per heavy atom. The summed E-state index contributed by atoms with van der Waals surface area (Å²) >= 11 is 8.09. The van der Waals surface area contributed by atoms with E-state index in [-0.39, 0.29) is 123 Å². The van der Waals surface area contributed by atoms with Crippen molar-refractivity contribution in [3.63, 3.8) is 0 Å². The molecule has 0 spiro atoms. The van der Waals surface area contributed by atoms with Crippen LogP contribution in [-0.2, 0) is 35.2 Å². The number of nitrogens with zero attached hydrogens (tertiary/aromatic N) is 8. The van der Waals surface area contributed by atoms with Gasteiger partial charge in [0, 0.05) is 94.8 Å². The second-order valence-corrected chi connectivity index (χ2v) is 21.1. The van der Waals surface area contributed by atoms with E-state index < -0.39 is 46.9 Å². The van der Waals surface area contributed by atoms with Gasteiger partial charge < -0.3 is 59.2 Å². The summed E-state index contributed by atoms with van der Waals surface area (Å²) in [6.45, 7) is 14.0. The number of aromatic hydroxyl groups is 1. The van der Waals surface area contributed by atoms with Crippen LogP contribution >= 0.6 is 22.9 Å². The Bertz CT molecular complexity index is 3190. The summed E-state index contributed by atoms with van der Waals surface area (Å²) in [5.41, 5.74) is 3.88. The maximum absolute atomic E-state index is 16.6. The standard InChI is InChI=1S/C56H65ClF2N10O10S/c1-7-45(72)67-15-17-68(18-16-67)53-38-28-39(57)48(49-40(58)9-8-10-42(49)71)50(59)51(38)63-56(64-53)60-14-13-46(73)66(6)19-20-76-21-22-77-23-24-78-43-26-35(52-34(5)62-31-80-52)11-12-36(43)29-61-54(74)41-27-37(70)30-69(41)55(75)47(32(2)3)44-25-33(4)65-79-44/h7-12,25-26,28,31-32,37,41,47,70-71H,1,13-24,27,29-30H2,2-6H3,(H,61,74)(H,60,63,64)/t37-,41+,47+/m1/s1. The molecule has 0 bridgehead atoms. The van der Waals surface area contributed by atoms with Crippen molar-refractivity contribution in [3.05, 3.63) is 106 Å². The highest BCUT2D eigenvalue weighted by Crippen LogP contribution is 2.43. The number of aryl methyl sites for hydroxylation is 2. The number of anilines is 2. The molecule has 2 saturated heterocycles. The molecule has 3 aromatic carbocycles. The Morgan fingerprint density at radius 2 is 1.75 bits per heavy atom. The first kappa shape index (κ1) is 58.8. The number of hydrogen-bond donors (Lipinski definition) is 4. The molecule has 0 aliphatic carbocycles. The van der Waals surface area contributed by atoms with Crippen LogP contribution in [0.15, 0.2) is 71.2 Å². The lowest BCUT2D eigenvalue weighted by Crippen LogP contribution is -2.48. The van der Waals surface area contributed by atoms with Crippen molar-refractivity contribution in [2.45, 2.75) is 65.1 Å². The Kier molecular flexibility index (Phi) is 19.7. The van der Waals surface area contributed by atoms with Gasteiger partial charge in [-0.1, -0.05) is 55.4 Å². The summed E-state index contributed by atoms with van der Waals surface area (Å²) in [4.78, 5) is 74.1. The van der Waals surface area contributed by atoms with Gasteiger partial charge in [-0.25, -0.2) is 18.7 Å². The van der Waals surface area contributed by atoms with E-state index in [1.165, 1.54) is 45.4 Å². The van der Waals surface area contributed by atoms with Crippen molar-refractivity contribution in [1.29, 1.82) is 0 Å². The first-order valence-electron chi connectivity index (χ1n) is 26.3. The number of carbonyl (C=O) groups excluding carboxylic acids is 4. The molecule has 0 unspecified atom stereocenters. The average molecular weight is 1140 g/mol. The molecule has 8 rings (SSSR count). The zero-order chi connectivity index (χ0) is 57.2. The highest BCUT2D eigenvalue weighted by molar-refractivity contribution is 7.13. The number of aliphatic hydroxyl groups excluding tert-OH is 1. The predicted octanol–water partition coefficient (Wildman–Crippen LogP) is 6.89. The minimum Gasteiger partial charge on any atom is -0.507 e. The first-order chi connectivity index (χ1) is 38.4. The Hall–Kier alpha value is -7.31. The number of aromatic nitrogens is 4. The highest BCUT2D eigenvalue weighted by Gasteiger charge is 2.43. The molecule has 20 nitrogen and oxygen atoms in total. The van der Waals surface area contributed by atoms with Gasteiger partial charge in [0.05, 0.1) is 64.9 Å². The molecular weight excluding hydrogens is 1080 g/mol. The van der Waals surface area contributed by atoms with Crippen LogP contribution < -0.4 is 20.3 Å². The van der Waals surface area contributed by atoms with E-state index in [9.17, 15) is 29.4 Å². The number of likely N-dealkylation sites (N-methyl/N-ethyl adjacent to an activating group) is 1. The van der Waals surface area contributed by atoms with Crippen molar-refractivity contribution in [3.8, 4) is 33.1 Å². The summed E-state index contributed by atoms with van der Waals surface area (Å²) in [7, 11) is 1.64. The lowest BCUT2D eigenvalue weighted by molar-refractivity contribution is -0.141. The number of hydrogen-bond acceptors (Lipinski definition) is 17. The molecule has 4 N–H and O–H groups in total. The number of benzene rings is 3. The number of phenols is 1. The molecule has 2 aliphatic rings. The maximum atomic E-state index is 16.6. The zero-order valence-electron chi connectivity index (χ0n) is 45.2. The Morgan fingerprint density at radius 1 is 1.00 bits per heavy atom. The number of ether oxygens (including phenoxy) is 3. The number of likely N-dealkylation sites (tertiary alicyclic amines) is 1. The largest absolute Gasteiger partial charge is 0.507 e. The Balaban J connectivity index is 0.805. The van der Waals surface area contributed by atoms with Gasteiger partial charge in [-0.3, -0.25) is 19.2 Å². The monoisotopic (exact) mass is 1140 g/mol. The summed E-state index contributed by atoms with van der Waals surface area (Å²) in [6.07, 6.45) is 0.480. The summed E-state index contributed by atoms with van der Waals surface area (Å²) in [5.74, 6) is -3.11. The molecule has 5 heterocycles. The van der Waals surface area contributed by atoms with E-state index in [1.807, 2.05) is 43.9 Å². The van der Waals surface area contributed by atoms with Gasteiger partial charge in [0.2, 0.25) is 29.6 Å². The molecule has 4 amide bonds. The second kappa shape index (κ2) is 26.8. The minimum absolute atomic E-state index is 0.00503. The molecule has 3 aromatic heterocycles. The third-order valence-electron chi connectivity index (χ3n) is 13.9. The molecular formula is C56H65ClF2N10O10S. The number of carbonyl (C=O) groups is 4. The lowest BCUT2D eigenvalue weighted by atomic mass is 9.91. The number of halogens is 3. The molecule has 24 heteroatoms. The normalized spacial score (nSPS) is 15.8. The van der Waals surface area contributed by atoms with E-state index in [1.54, 1.807) is 30.4 Å². The fourth-order valence-electron chi connectivity index (χ4n) is 9.69. The van der Waals surface area contributed by atoms with Crippen LogP contribution in [0, 0.1) is 31.4 Å². The topological polar surface area (TPSA) is 238 Å². The number of aliphatic hydroxyl groups is 1. The number of β-amino-alcohol motifs (C(OH)–C–C–N with tert-alkyl or cyclic N) is 1. The van der Waals surface area contributed by atoms with Gasteiger partial charge in [0.15, 0.2) is 5.82 Å². The average Bonchev–Trinajstić information content (AvgIpc) is 4.19. The van der Waals surface area contributed by atoms with Gasteiger partial charge in [-0.15, -0.1) is 11.3 Å². The smallest absolute Gasteiger partial charge is 0.246 e. The van der Waals surface area contributed by atoms with Gasteiger partial charge in [0.1, 0.15) is 53.0 Å². The van der Waals surface area contributed by atoms with Crippen LogP contribution in [0.4, 0.5) is 20.5 Å². The number of piperazine rings is 1. The maximum Gasteiger partial charge on any atom is 0.246 e. The quantitative estimate of drug-likeness (QED) is 0.0357. The third kappa shape index (κ3) is 13.8. The minimum atomic E-state index is -0.977. The fraction of sp³-hybridized carbons (Fsp3) is 0.429. The van der Waals surface area contributed by atoms with Crippen LogP contribution in [0.1, 0.15) is 55.3 Å². The number of thiazole rings is 1. The molecule has 2 fully saturated rings. The van der Waals surface area contributed by atoms with Crippen LogP contribution in [0.25, 0.3) is 32.5 Å². The molecule has 6 aromatic rings. The van der Waals surface area contributed by atoms with Crippen LogP contribution in [0.2, 0.25) is 5.02 Å². The van der Waals surface area contributed by atoms with Gasteiger partial charge in [-0.05, 0) is 55.7 Å². The van der Waals surface area contributed by atoms with Crippen LogP contribution in [-0.4, -0.2) is 167 Å². The number of phenolic OH excluding ortho intramolecular Hbond substituents is 1. The highest BCUT2D eigenvalue weighted by atomic mass is 35.5. The van der Waals surface area contributed by atoms with Crippen LogP contribution in [0.3, 0.4) is 0 Å². The Labute approximate surface area is 470 Å². The summed E-state index contributed by atoms with van der Waals surface area (Å²) in [5, 5.41) is 31.2. The molecule has 80 heavy (non-hydrogen) atoms. The van der Waals surface area contributed by atoms with Crippen molar-refractivity contribution < 1.29 is 56.9 Å². The molecule has 2 aliphatic heterocycles. The number of fused-ring (bicyclic) bond motifs is 1. The molecule has 426 valence electrons. The van der Waals surface area contributed by atoms with E-state index >= 15 is 8.78 Å². The SMILES string of the molecule is C=CC(=O)N1CCN(c2nc(NCCC(=O)N(C)CCOCCOCCOc3cc(-c4scnc4C)ccc3CNC(=O)[C@@H]3C[C@@H](O)CN3C(=O)[C@H](c3cc(C)no3)C(C)C)nc3c(F)c(-c4c(O)cccc4F)c(Cl)cc23)CC1. The number of amides is 4. The lowest BCUT2D eigenvalue weighted by Gasteiger charge is -2.35. The van der Waals surface area contributed by atoms with Gasteiger partial charge in [-0.2, -0.15) is 4.98 Å². The predicted molar refractivity (Wildman–Crippen MR) is 298 cm³/mol. The first-order valence-corrected chi connectivity index (χ1v) is 27.5. The third-order valence-corrected chi connectivity index (χ3v) is 15.2. The molecule has 0 saturated carbocycles. The number of nitrogens with one attached hydrogen (secondary N) is 2. The van der Waals surface area contributed by atoms with E-state index in [4.69, 9.17) is 30.3 Å². The summed E-state index contributed by atoms with van der Waals surface area (Å²) < 4.78 is 54.9. The van der Waals surface area contributed by atoms with Crippen molar-refractivity contribution >= 4 is 69.2 Å². The zero-order valence-corrected chi connectivity index (χ0v) is 46.7. The second-order valence-electron chi connectivity index (χ2n) is 19.8. The number of rotatable bonds is 24. The fourth-order valence-corrected chi connectivity index (χ4v) is 10.8. The van der Waals surface area contributed by atoms with Crippen molar-refractivity contribution in [1.82, 2.24) is 40.1 Å². The van der Waals surface area contributed by atoms with Crippen LogP contribution in [0.5, 0.6) is 11.5 Å². The van der Waals surface area contributed by atoms with E-state index in [0.717, 1.165) is 22.2 Å².